The molecule has 4 atom stereocenters. The van der Waals surface area contributed by atoms with Crippen molar-refractivity contribution in [3.8, 4) is 0 Å². The number of rotatable bonds is 11. The Morgan fingerprint density at radius 2 is 1.80 bits per heavy atom. The molecule has 6 N–H and O–H groups in total. The summed E-state index contributed by atoms with van der Waals surface area (Å²) in [7, 11) is 0. The summed E-state index contributed by atoms with van der Waals surface area (Å²) in [4.78, 5) is 55.3. The maximum atomic E-state index is 13.1. The summed E-state index contributed by atoms with van der Waals surface area (Å²) in [5, 5.41) is 28.4. The van der Waals surface area contributed by atoms with Crippen LogP contribution in [0.25, 0.3) is 17.0 Å². The number of amides is 4. The van der Waals surface area contributed by atoms with Gasteiger partial charge in [-0.1, -0.05) is 44.2 Å². The van der Waals surface area contributed by atoms with Gasteiger partial charge in [0.25, 0.3) is 5.91 Å². The lowest BCUT2D eigenvalue weighted by Gasteiger charge is -2.35. The zero-order valence-corrected chi connectivity index (χ0v) is 23.9. The molecular weight excluding hydrogens is 528 g/mol. The van der Waals surface area contributed by atoms with Gasteiger partial charge in [0.1, 0.15) is 24.7 Å². The normalized spacial score (nSPS) is 17.7. The summed E-state index contributed by atoms with van der Waals surface area (Å²) in [6, 6.07) is 6.72. The average molecular weight is 569 g/mol. The third-order valence-electron chi connectivity index (χ3n) is 6.86. The van der Waals surface area contributed by atoms with Crippen LogP contribution in [0.4, 0.5) is 0 Å². The first-order chi connectivity index (χ1) is 19.5. The Morgan fingerprint density at radius 3 is 2.49 bits per heavy atom. The van der Waals surface area contributed by atoms with Crippen molar-refractivity contribution >= 4 is 40.6 Å². The summed E-state index contributed by atoms with van der Waals surface area (Å²) in [5.74, 6) is -2.18. The third kappa shape index (κ3) is 8.56. The van der Waals surface area contributed by atoms with E-state index in [0.717, 1.165) is 16.5 Å². The van der Waals surface area contributed by atoms with Crippen LogP contribution in [0.15, 0.2) is 36.4 Å². The van der Waals surface area contributed by atoms with Crippen LogP contribution in [0.1, 0.15) is 57.8 Å². The second kappa shape index (κ2) is 14.7. The molecule has 0 radical (unpaired) electrons. The number of aromatic nitrogens is 1. The third-order valence-corrected chi connectivity index (χ3v) is 6.86. The maximum Gasteiger partial charge on any atom is 0.258 e. The molecule has 4 amide bonds. The largest absolute Gasteiger partial charge is 0.392 e. The minimum atomic E-state index is -0.915. The van der Waals surface area contributed by atoms with E-state index < -0.39 is 48.5 Å². The van der Waals surface area contributed by atoms with Gasteiger partial charge >= 0.3 is 0 Å². The van der Waals surface area contributed by atoms with Crippen molar-refractivity contribution in [2.75, 3.05) is 19.8 Å². The number of nitrogens with one attached hydrogen (secondary N) is 4. The van der Waals surface area contributed by atoms with E-state index in [1.54, 1.807) is 19.9 Å². The number of hydrogen-bond acceptors (Lipinski definition) is 8. The van der Waals surface area contributed by atoms with Crippen LogP contribution in [0, 0.1) is 5.92 Å². The zero-order chi connectivity index (χ0) is 30.1. The number of aliphatic hydroxyl groups excluding tert-OH is 2. The topological polar surface area (TPSA) is 173 Å². The van der Waals surface area contributed by atoms with Crippen LogP contribution in [0.2, 0.25) is 0 Å². The fourth-order valence-corrected chi connectivity index (χ4v) is 4.56. The van der Waals surface area contributed by atoms with Crippen LogP contribution in [-0.4, -0.2) is 81.7 Å². The van der Waals surface area contributed by atoms with Gasteiger partial charge in [-0.2, -0.15) is 0 Å². The lowest BCUT2D eigenvalue weighted by atomic mass is 10.0. The van der Waals surface area contributed by atoms with E-state index in [2.05, 4.69) is 21.4 Å². The average Bonchev–Trinajstić information content (AvgIpc) is 2.97. The van der Waals surface area contributed by atoms with E-state index in [-0.39, 0.29) is 18.4 Å². The van der Waals surface area contributed by atoms with E-state index in [0.29, 0.717) is 25.1 Å². The number of carbonyl (C=O) groups excluding carboxylic acids is 4. The molecule has 1 aromatic carbocycles. The Kier molecular flexibility index (Phi) is 11.3. The highest BCUT2D eigenvalue weighted by molar-refractivity contribution is 5.92. The van der Waals surface area contributed by atoms with E-state index in [9.17, 15) is 19.2 Å². The maximum absolute atomic E-state index is 13.1. The highest BCUT2D eigenvalue weighted by Gasteiger charge is 2.33. The van der Waals surface area contributed by atoms with Crippen molar-refractivity contribution in [3.05, 3.63) is 47.7 Å². The predicted octanol–water partition coefficient (Wildman–Crippen LogP) is 0.551. The van der Waals surface area contributed by atoms with Gasteiger partial charge in [-0.15, -0.1) is 0 Å². The van der Waals surface area contributed by atoms with Gasteiger partial charge < -0.3 is 26.2 Å². The molecule has 222 valence electrons. The van der Waals surface area contributed by atoms with Crippen molar-refractivity contribution in [1.29, 1.82) is 0 Å². The summed E-state index contributed by atoms with van der Waals surface area (Å²) in [6.07, 6.45) is 4.57. The standard InChI is InChI=1S/C29H40N6O6/c1-17(2)26(33-25(38)16-37)28(40)31-19(4)29(41)35-13-5-8-23(34-35)27(39)30-18(3)22-12-11-21-10-9-20(7-6-14-36)15-24(21)32-22/h6-7,9-12,15,17-19,23,26,34,36-37H,5,8,13-14,16H2,1-4H3,(H,30,39)(H,31,40)(H,33,38)/b7-6+/t18-,19+,23+,26+/m1/s1. The molecule has 0 bridgehead atoms. The molecule has 0 spiro atoms. The Hall–Kier alpha value is -3.87. The summed E-state index contributed by atoms with van der Waals surface area (Å²) >= 11 is 0. The van der Waals surface area contributed by atoms with Crippen molar-refractivity contribution in [2.24, 2.45) is 5.92 Å². The van der Waals surface area contributed by atoms with E-state index >= 15 is 0 Å². The van der Waals surface area contributed by atoms with Crippen LogP contribution < -0.4 is 21.4 Å². The number of hydrazine groups is 1. The fourth-order valence-electron chi connectivity index (χ4n) is 4.56. The minimum absolute atomic E-state index is 0.0516. The molecule has 2 heterocycles. The van der Waals surface area contributed by atoms with Crippen molar-refractivity contribution in [1.82, 2.24) is 31.4 Å². The number of nitrogens with zero attached hydrogens (tertiary/aromatic N) is 2. The smallest absolute Gasteiger partial charge is 0.258 e. The summed E-state index contributed by atoms with van der Waals surface area (Å²) in [6.45, 7) is 6.43. The number of hydrogen-bond donors (Lipinski definition) is 6. The lowest BCUT2D eigenvalue weighted by Crippen LogP contribution is -2.62. The molecule has 0 aliphatic carbocycles. The molecular formula is C29H40N6O6. The molecule has 12 nitrogen and oxygen atoms in total. The Balaban J connectivity index is 1.60. The van der Waals surface area contributed by atoms with E-state index in [4.69, 9.17) is 15.2 Å². The number of benzene rings is 1. The number of pyridine rings is 1. The second-order valence-electron chi connectivity index (χ2n) is 10.5. The van der Waals surface area contributed by atoms with Crippen molar-refractivity contribution in [3.63, 3.8) is 0 Å². The van der Waals surface area contributed by atoms with Gasteiger partial charge in [0.05, 0.1) is 23.9 Å². The van der Waals surface area contributed by atoms with Gasteiger partial charge in [0.15, 0.2) is 0 Å². The van der Waals surface area contributed by atoms with Crippen molar-refractivity contribution in [2.45, 2.75) is 64.7 Å². The zero-order valence-electron chi connectivity index (χ0n) is 23.9. The molecule has 1 fully saturated rings. The molecule has 1 saturated heterocycles. The number of fused-ring (bicyclic) bond motifs is 1. The van der Waals surface area contributed by atoms with Gasteiger partial charge in [0, 0.05) is 11.9 Å². The number of aliphatic hydroxyl groups is 2. The first-order valence-corrected chi connectivity index (χ1v) is 13.8. The first-order valence-electron chi connectivity index (χ1n) is 13.8. The molecule has 1 aromatic heterocycles. The van der Waals surface area contributed by atoms with Gasteiger partial charge in [0.2, 0.25) is 17.7 Å². The quantitative estimate of drug-likeness (QED) is 0.228. The van der Waals surface area contributed by atoms with Gasteiger partial charge in [-0.3, -0.25) is 29.2 Å². The first kappa shape index (κ1) is 31.7. The molecule has 12 heteroatoms. The summed E-state index contributed by atoms with van der Waals surface area (Å²) in [5.41, 5.74) is 5.34. The second-order valence-corrected chi connectivity index (χ2v) is 10.5. The molecule has 0 saturated carbocycles. The molecule has 3 rings (SSSR count). The van der Waals surface area contributed by atoms with Gasteiger partial charge in [-0.05, 0) is 50.3 Å². The van der Waals surface area contributed by atoms with Crippen LogP contribution in [0.3, 0.4) is 0 Å². The lowest BCUT2D eigenvalue weighted by molar-refractivity contribution is -0.143. The highest BCUT2D eigenvalue weighted by Crippen LogP contribution is 2.20. The molecule has 1 aliphatic heterocycles. The Labute approximate surface area is 239 Å². The fraction of sp³-hybridized carbons (Fsp3) is 0.483. The molecule has 2 aromatic rings. The van der Waals surface area contributed by atoms with Crippen molar-refractivity contribution < 1.29 is 29.4 Å². The Morgan fingerprint density at radius 1 is 1.07 bits per heavy atom. The Bertz CT molecular complexity index is 1280. The molecule has 1 aliphatic rings. The monoisotopic (exact) mass is 568 g/mol. The van der Waals surface area contributed by atoms with Crippen LogP contribution in [-0.2, 0) is 19.2 Å². The minimum Gasteiger partial charge on any atom is -0.392 e. The molecule has 0 unspecified atom stereocenters. The van der Waals surface area contributed by atoms with Crippen LogP contribution >= 0.6 is 0 Å². The molecule has 41 heavy (non-hydrogen) atoms. The van der Waals surface area contributed by atoms with E-state index in [1.807, 2.05) is 43.3 Å². The van der Waals surface area contributed by atoms with Gasteiger partial charge in [-0.25, -0.2) is 5.43 Å². The van der Waals surface area contributed by atoms with Crippen LogP contribution in [0.5, 0.6) is 0 Å². The number of carbonyl (C=O) groups is 4. The predicted molar refractivity (Wildman–Crippen MR) is 154 cm³/mol. The summed E-state index contributed by atoms with van der Waals surface area (Å²) < 4.78 is 0. The SMILES string of the molecule is CC(C)[C@H](NC(=O)CO)C(=O)N[C@@H](C)C(=O)N1CCC[C@@H](C(=O)N[C@H](C)c2ccc3ccc(/C=C/CO)cc3n2)N1. The highest BCUT2D eigenvalue weighted by atomic mass is 16.3. The van der Waals surface area contributed by atoms with E-state index in [1.165, 1.54) is 11.9 Å².